The second kappa shape index (κ2) is 5.55. The average Bonchev–Trinajstić information content (AvgIpc) is 2.65. The molecule has 0 radical (unpaired) electrons. The van der Waals surface area contributed by atoms with E-state index < -0.39 is 0 Å². The van der Waals surface area contributed by atoms with Gasteiger partial charge in [-0.3, -0.25) is 4.79 Å². The number of methoxy groups -OCH3 is 1. The molecule has 6 heteroatoms. The summed E-state index contributed by atoms with van der Waals surface area (Å²) in [5.41, 5.74) is 1.19. The summed E-state index contributed by atoms with van der Waals surface area (Å²) in [6.45, 7) is 1.14. The van der Waals surface area contributed by atoms with Crippen molar-refractivity contribution in [2.75, 3.05) is 37.0 Å². The van der Waals surface area contributed by atoms with Crippen molar-refractivity contribution in [3.8, 4) is 11.6 Å². The molecule has 0 atom stereocenters. The number of phenols is 1. The lowest BCUT2D eigenvalue weighted by molar-refractivity contribution is 0.0990. The molecule has 3 rings (SSSR count). The number of hydrogen-bond acceptors (Lipinski definition) is 5. The van der Waals surface area contributed by atoms with E-state index in [0.717, 1.165) is 0 Å². The van der Waals surface area contributed by atoms with Crippen LogP contribution in [-0.2, 0) is 0 Å². The van der Waals surface area contributed by atoms with Crippen LogP contribution in [0.15, 0.2) is 36.4 Å². The number of ether oxygens (including phenoxy) is 1. The molecule has 22 heavy (non-hydrogen) atoms. The molecule has 1 aliphatic heterocycles. The number of pyridine rings is 1. The zero-order valence-electron chi connectivity index (χ0n) is 12.5. The smallest absolute Gasteiger partial charge is 0.262 e. The van der Waals surface area contributed by atoms with Gasteiger partial charge in [-0.2, -0.15) is 4.98 Å². The van der Waals surface area contributed by atoms with E-state index in [0.29, 0.717) is 36.0 Å². The zero-order valence-corrected chi connectivity index (χ0v) is 12.5. The topological polar surface area (TPSA) is 65.9 Å². The molecule has 114 valence electrons. The molecule has 0 spiro atoms. The number of likely N-dealkylation sites (N-methyl/N-ethyl adjacent to an activating group) is 1. The van der Waals surface area contributed by atoms with E-state index in [1.54, 1.807) is 48.4 Å². The fourth-order valence-electron chi connectivity index (χ4n) is 2.51. The Morgan fingerprint density at radius 1 is 1.23 bits per heavy atom. The lowest BCUT2D eigenvalue weighted by Crippen LogP contribution is -2.33. The predicted octanol–water partition coefficient (Wildman–Crippen LogP) is 1.89. The van der Waals surface area contributed by atoms with E-state index in [9.17, 15) is 9.90 Å². The Morgan fingerprint density at radius 2 is 2.05 bits per heavy atom. The Balaban J connectivity index is 2.05. The Bertz CT molecular complexity index is 718. The monoisotopic (exact) mass is 299 g/mol. The number of carbonyl (C=O) groups excluding carboxylic acids is 1. The minimum absolute atomic E-state index is 0.135. The first-order valence-electron chi connectivity index (χ1n) is 6.97. The number of fused-ring (bicyclic) bond motifs is 1. The van der Waals surface area contributed by atoms with Crippen LogP contribution in [0.5, 0.6) is 11.6 Å². The minimum Gasteiger partial charge on any atom is -0.508 e. The number of benzene rings is 1. The van der Waals surface area contributed by atoms with Crippen molar-refractivity contribution in [2.24, 2.45) is 0 Å². The number of phenolic OH excluding ortho intramolecular Hbond substituents is 1. The van der Waals surface area contributed by atoms with E-state index in [1.165, 1.54) is 0 Å². The van der Waals surface area contributed by atoms with Crippen LogP contribution in [0.3, 0.4) is 0 Å². The third-order valence-electron chi connectivity index (χ3n) is 3.70. The summed E-state index contributed by atoms with van der Waals surface area (Å²) in [4.78, 5) is 20.8. The van der Waals surface area contributed by atoms with Gasteiger partial charge in [0.25, 0.3) is 5.91 Å². The van der Waals surface area contributed by atoms with Gasteiger partial charge in [0.2, 0.25) is 5.88 Å². The van der Waals surface area contributed by atoms with Crippen LogP contribution in [0.2, 0.25) is 0 Å². The Morgan fingerprint density at radius 3 is 2.77 bits per heavy atom. The Labute approximate surface area is 128 Å². The molecule has 1 amide bonds. The second-order valence-corrected chi connectivity index (χ2v) is 5.12. The van der Waals surface area contributed by atoms with Crippen LogP contribution >= 0.6 is 0 Å². The summed E-state index contributed by atoms with van der Waals surface area (Å²) < 4.78 is 5.14. The molecular weight excluding hydrogens is 282 g/mol. The number of carbonyl (C=O) groups is 1. The number of amides is 1. The molecule has 0 aliphatic carbocycles. The summed E-state index contributed by atoms with van der Waals surface area (Å²) in [7, 11) is 3.44. The molecule has 0 saturated heterocycles. The number of hydrogen-bond donors (Lipinski definition) is 1. The fraction of sp³-hybridized carbons (Fsp3) is 0.250. The fourth-order valence-corrected chi connectivity index (χ4v) is 2.51. The molecule has 2 aromatic rings. The highest BCUT2D eigenvalue weighted by Crippen LogP contribution is 2.28. The van der Waals surface area contributed by atoms with Crippen molar-refractivity contribution in [1.82, 2.24) is 4.98 Å². The maximum atomic E-state index is 12.8. The first kappa shape index (κ1) is 14.2. The van der Waals surface area contributed by atoms with E-state index in [2.05, 4.69) is 4.98 Å². The number of rotatable bonds is 2. The Kier molecular flexibility index (Phi) is 3.58. The van der Waals surface area contributed by atoms with Crippen LogP contribution in [0, 0.1) is 0 Å². The molecule has 2 heterocycles. The van der Waals surface area contributed by atoms with Crippen LogP contribution < -0.4 is 14.5 Å². The highest BCUT2D eigenvalue weighted by atomic mass is 16.5. The lowest BCUT2D eigenvalue weighted by atomic mass is 10.2. The van der Waals surface area contributed by atoms with Gasteiger partial charge in [0.05, 0.1) is 12.7 Å². The standard InChI is InChI=1S/C16H17N3O3/c1-18-8-9-19(11-4-3-5-12(20)10-11)16(21)13-6-7-14(22-2)17-15(13)18/h3-7,10,20H,8-9H2,1-2H3. The molecule has 0 fully saturated rings. The third-order valence-corrected chi connectivity index (χ3v) is 3.70. The molecular formula is C16H17N3O3. The highest BCUT2D eigenvalue weighted by Gasteiger charge is 2.27. The normalized spacial score (nSPS) is 14.5. The number of aromatic nitrogens is 1. The number of aromatic hydroxyl groups is 1. The largest absolute Gasteiger partial charge is 0.508 e. The van der Waals surface area contributed by atoms with Crippen LogP contribution in [0.1, 0.15) is 10.4 Å². The molecule has 0 bridgehead atoms. The van der Waals surface area contributed by atoms with Crippen LogP contribution in [0.4, 0.5) is 11.5 Å². The SMILES string of the molecule is COc1ccc2c(n1)N(C)CCN(c1cccc(O)c1)C2=O. The van der Waals surface area contributed by atoms with Gasteiger partial charge in [-0.25, -0.2) is 0 Å². The van der Waals surface area contributed by atoms with Crippen molar-refractivity contribution < 1.29 is 14.6 Å². The molecule has 1 aromatic heterocycles. The van der Waals surface area contributed by atoms with Gasteiger partial charge >= 0.3 is 0 Å². The number of anilines is 2. The summed E-state index contributed by atoms with van der Waals surface area (Å²) in [5, 5.41) is 9.64. The Hall–Kier alpha value is -2.76. The van der Waals surface area contributed by atoms with E-state index in [4.69, 9.17) is 4.74 Å². The minimum atomic E-state index is -0.139. The maximum absolute atomic E-state index is 12.8. The predicted molar refractivity (Wildman–Crippen MR) is 83.8 cm³/mol. The molecule has 0 unspecified atom stereocenters. The summed E-state index contributed by atoms with van der Waals surface area (Å²) in [5.74, 6) is 1.08. The highest BCUT2D eigenvalue weighted by molar-refractivity contribution is 6.10. The van der Waals surface area contributed by atoms with E-state index in [1.807, 2.05) is 11.9 Å². The van der Waals surface area contributed by atoms with Gasteiger partial charge < -0.3 is 19.6 Å². The quantitative estimate of drug-likeness (QED) is 0.917. The maximum Gasteiger partial charge on any atom is 0.262 e. The van der Waals surface area contributed by atoms with Gasteiger partial charge in [0, 0.05) is 38.0 Å². The summed E-state index contributed by atoms with van der Waals surface area (Å²) >= 11 is 0. The van der Waals surface area contributed by atoms with Gasteiger partial charge in [-0.15, -0.1) is 0 Å². The van der Waals surface area contributed by atoms with Gasteiger partial charge in [-0.1, -0.05) is 6.07 Å². The first-order chi connectivity index (χ1) is 10.6. The van der Waals surface area contributed by atoms with Crippen LogP contribution in [0.25, 0.3) is 0 Å². The van der Waals surface area contributed by atoms with Crippen molar-refractivity contribution in [1.29, 1.82) is 0 Å². The molecule has 1 aliphatic rings. The first-order valence-corrected chi connectivity index (χ1v) is 6.97. The van der Waals surface area contributed by atoms with Crippen molar-refractivity contribution in [3.63, 3.8) is 0 Å². The lowest BCUT2D eigenvalue weighted by Gasteiger charge is -2.21. The summed E-state index contributed by atoms with van der Waals surface area (Å²) in [6, 6.07) is 10.1. The van der Waals surface area contributed by atoms with E-state index in [-0.39, 0.29) is 11.7 Å². The summed E-state index contributed by atoms with van der Waals surface area (Å²) in [6.07, 6.45) is 0. The van der Waals surface area contributed by atoms with Crippen molar-refractivity contribution in [3.05, 3.63) is 42.0 Å². The third kappa shape index (κ3) is 2.43. The van der Waals surface area contributed by atoms with Crippen molar-refractivity contribution >= 4 is 17.4 Å². The van der Waals surface area contributed by atoms with E-state index >= 15 is 0 Å². The van der Waals surface area contributed by atoms with Crippen LogP contribution in [-0.4, -0.2) is 43.2 Å². The van der Waals surface area contributed by atoms with Crippen molar-refractivity contribution in [2.45, 2.75) is 0 Å². The van der Waals surface area contributed by atoms with Gasteiger partial charge in [0.1, 0.15) is 11.6 Å². The second-order valence-electron chi connectivity index (χ2n) is 5.12. The molecule has 1 aromatic carbocycles. The average molecular weight is 299 g/mol. The number of nitrogens with zero attached hydrogens (tertiary/aromatic N) is 3. The molecule has 1 N–H and O–H groups in total. The zero-order chi connectivity index (χ0) is 15.7. The van der Waals surface area contributed by atoms with Gasteiger partial charge in [0.15, 0.2) is 0 Å². The van der Waals surface area contributed by atoms with Gasteiger partial charge in [-0.05, 0) is 18.2 Å². The molecule has 0 saturated carbocycles. The molecule has 6 nitrogen and oxygen atoms in total.